The van der Waals surface area contributed by atoms with Gasteiger partial charge in [0.15, 0.2) is 0 Å². The summed E-state index contributed by atoms with van der Waals surface area (Å²) < 4.78 is 2.47. The normalized spacial score (nSPS) is 16.4. The Morgan fingerprint density at radius 1 is 0.920 bits per heavy atom. The Balaban J connectivity index is 1.94. The van der Waals surface area contributed by atoms with Gasteiger partial charge in [0.25, 0.3) is 0 Å². The van der Waals surface area contributed by atoms with E-state index in [0.717, 1.165) is 12.1 Å². The Bertz CT molecular complexity index is 1240. The van der Waals surface area contributed by atoms with Crippen molar-refractivity contribution in [2.24, 2.45) is 4.99 Å². The maximum Gasteiger partial charge on any atom is 0.0669 e. The Morgan fingerprint density at radius 2 is 1.76 bits per heavy atom. The minimum atomic E-state index is 0.000151. The summed E-state index contributed by atoms with van der Waals surface area (Å²) in [6.07, 6.45) is 2.97. The van der Waals surface area contributed by atoms with Gasteiger partial charge in [-0.2, -0.15) is 0 Å². The van der Waals surface area contributed by atoms with Gasteiger partial charge in [-0.3, -0.25) is 4.99 Å². The lowest BCUT2D eigenvalue weighted by molar-refractivity contribution is 0.630. The predicted octanol–water partition coefficient (Wildman–Crippen LogP) is 5.68. The molecule has 3 aromatic carbocycles. The minimum absolute atomic E-state index is 0.000151. The van der Waals surface area contributed by atoms with Gasteiger partial charge in [-0.1, -0.05) is 50.2 Å². The molecule has 0 radical (unpaired) electrons. The lowest BCUT2D eigenvalue weighted by Crippen LogP contribution is -2.26. The quantitative estimate of drug-likeness (QED) is 0.396. The first-order valence-electron chi connectivity index (χ1n) is 8.90. The van der Waals surface area contributed by atoms with Gasteiger partial charge in [0.05, 0.1) is 22.4 Å². The Labute approximate surface area is 146 Å². The van der Waals surface area contributed by atoms with Crippen molar-refractivity contribution in [2.75, 3.05) is 0 Å². The molecule has 0 unspecified atom stereocenters. The Hall–Kier alpha value is -2.87. The van der Waals surface area contributed by atoms with Crippen molar-refractivity contribution in [3.63, 3.8) is 0 Å². The van der Waals surface area contributed by atoms with Gasteiger partial charge in [-0.05, 0) is 34.9 Å². The number of aliphatic imine (C=N–C) groups is 1. The summed E-state index contributed by atoms with van der Waals surface area (Å²) in [5, 5.41) is 2.73. The van der Waals surface area contributed by atoms with Gasteiger partial charge in [-0.15, -0.1) is 0 Å². The molecule has 0 saturated heterocycles. The predicted molar refractivity (Wildman–Crippen MR) is 105 cm³/mol. The van der Waals surface area contributed by atoms with Crippen molar-refractivity contribution in [3.05, 3.63) is 71.3 Å². The van der Waals surface area contributed by atoms with Crippen molar-refractivity contribution in [1.82, 2.24) is 4.57 Å². The Kier molecular flexibility index (Phi) is 2.26. The molecule has 0 aliphatic carbocycles. The van der Waals surface area contributed by atoms with Gasteiger partial charge in [0, 0.05) is 28.8 Å². The lowest BCUT2D eigenvalue weighted by atomic mass is 9.75. The summed E-state index contributed by atoms with van der Waals surface area (Å²) in [6.45, 7) is 4.69. The van der Waals surface area contributed by atoms with E-state index in [1.807, 2.05) is 6.21 Å². The summed E-state index contributed by atoms with van der Waals surface area (Å²) in [5.74, 6) is 0. The van der Waals surface area contributed by atoms with Crippen LogP contribution in [0.4, 0.5) is 5.69 Å². The molecule has 25 heavy (non-hydrogen) atoms. The molecule has 3 heterocycles. The molecule has 120 valence electrons. The first-order chi connectivity index (χ1) is 12.2. The second-order valence-electron chi connectivity index (χ2n) is 7.65. The van der Waals surface area contributed by atoms with Crippen LogP contribution in [0.3, 0.4) is 0 Å². The van der Waals surface area contributed by atoms with E-state index < -0.39 is 0 Å². The fraction of sp³-hybridized carbons (Fsp3) is 0.174. The highest BCUT2D eigenvalue weighted by Gasteiger charge is 2.35. The molecule has 0 bridgehead atoms. The zero-order chi connectivity index (χ0) is 16.8. The summed E-state index contributed by atoms with van der Waals surface area (Å²) in [6, 6.07) is 20.0. The average Bonchev–Trinajstić information content (AvgIpc) is 3.22. The van der Waals surface area contributed by atoms with Crippen LogP contribution in [-0.4, -0.2) is 10.8 Å². The highest BCUT2D eigenvalue weighted by Crippen LogP contribution is 2.48. The maximum absolute atomic E-state index is 4.57. The number of rotatable bonds is 0. The number of hydrogen-bond acceptors (Lipinski definition) is 1. The molecule has 0 fully saturated rings. The van der Waals surface area contributed by atoms with E-state index in [0.29, 0.717) is 0 Å². The van der Waals surface area contributed by atoms with Gasteiger partial charge < -0.3 is 4.57 Å². The van der Waals surface area contributed by atoms with E-state index in [9.17, 15) is 0 Å². The standard InChI is InChI=1S/C23H18N2/c1-23(2)16-7-3-4-9-19(16)25-20-11-10-18-14(12-13-24-18)21(20)15-6-5-8-17(23)22(15)25/h3-11,13H,12H2,1-2H3. The molecule has 2 nitrogen and oxygen atoms in total. The highest BCUT2D eigenvalue weighted by atomic mass is 15.0. The Morgan fingerprint density at radius 3 is 2.68 bits per heavy atom. The van der Waals surface area contributed by atoms with Gasteiger partial charge in [-0.25, -0.2) is 0 Å². The number of benzene rings is 3. The summed E-state index contributed by atoms with van der Waals surface area (Å²) >= 11 is 0. The molecule has 2 aliphatic heterocycles. The zero-order valence-electron chi connectivity index (χ0n) is 14.4. The number of aromatic nitrogens is 1. The van der Waals surface area contributed by atoms with E-state index in [4.69, 9.17) is 0 Å². The fourth-order valence-corrected chi connectivity index (χ4v) is 4.88. The summed E-state index contributed by atoms with van der Waals surface area (Å²) in [4.78, 5) is 4.57. The van der Waals surface area contributed by atoms with Gasteiger partial charge in [0.2, 0.25) is 0 Å². The molecule has 0 spiro atoms. The molecular formula is C23H18N2. The number of hydrogen-bond donors (Lipinski definition) is 0. The van der Waals surface area contributed by atoms with Crippen LogP contribution in [0.15, 0.2) is 59.6 Å². The lowest BCUT2D eigenvalue weighted by Gasteiger charge is -2.34. The van der Waals surface area contributed by atoms with E-state index in [2.05, 4.69) is 78.0 Å². The molecule has 0 atom stereocenters. The minimum Gasteiger partial charge on any atom is -0.309 e. The van der Waals surface area contributed by atoms with Crippen LogP contribution in [0.25, 0.3) is 27.5 Å². The summed E-state index contributed by atoms with van der Waals surface area (Å²) in [5.41, 5.74) is 9.28. The van der Waals surface area contributed by atoms with Crippen LogP contribution in [0.1, 0.15) is 30.5 Å². The van der Waals surface area contributed by atoms with Crippen LogP contribution in [0, 0.1) is 0 Å². The largest absolute Gasteiger partial charge is 0.309 e. The van der Waals surface area contributed by atoms with Crippen LogP contribution < -0.4 is 0 Å². The molecule has 1 aromatic heterocycles. The van der Waals surface area contributed by atoms with Crippen molar-refractivity contribution < 1.29 is 0 Å². The van der Waals surface area contributed by atoms with E-state index in [-0.39, 0.29) is 5.41 Å². The SMILES string of the molecule is CC1(C)c2ccccc2-n2c3ccc4c(c3c3cccc1c32)CC=N4. The number of fused-ring (bicyclic) bond motifs is 7. The molecule has 0 amide bonds. The van der Waals surface area contributed by atoms with Crippen LogP contribution in [-0.2, 0) is 11.8 Å². The fourth-order valence-electron chi connectivity index (χ4n) is 4.88. The van der Waals surface area contributed by atoms with E-state index in [1.165, 1.54) is 44.2 Å². The highest BCUT2D eigenvalue weighted by molar-refractivity contribution is 6.15. The average molecular weight is 322 g/mol. The number of para-hydroxylation sites is 2. The topological polar surface area (TPSA) is 17.3 Å². The van der Waals surface area contributed by atoms with E-state index >= 15 is 0 Å². The second-order valence-corrected chi connectivity index (χ2v) is 7.65. The molecule has 2 heteroatoms. The van der Waals surface area contributed by atoms with Gasteiger partial charge in [0.1, 0.15) is 0 Å². The molecular weight excluding hydrogens is 304 g/mol. The molecule has 2 aliphatic rings. The molecule has 4 aromatic rings. The van der Waals surface area contributed by atoms with Crippen molar-refractivity contribution >= 4 is 33.7 Å². The van der Waals surface area contributed by atoms with Crippen LogP contribution >= 0.6 is 0 Å². The van der Waals surface area contributed by atoms with Crippen LogP contribution in [0.5, 0.6) is 0 Å². The van der Waals surface area contributed by atoms with E-state index in [1.54, 1.807) is 0 Å². The summed E-state index contributed by atoms with van der Waals surface area (Å²) in [7, 11) is 0. The first kappa shape index (κ1) is 13.4. The smallest absolute Gasteiger partial charge is 0.0669 e. The molecule has 0 N–H and O–H groups in total. The number of nitrogens with zero attached hydrogens (tertiary/aromatic N) is 2. The molecule has 0 saturated carbocycles. The third-order valence-corrected chi connectivity index (χ3v) is 6.05. The molecule has 6 rings (SSSR count). The van der Waals surface area contributed by atoms with Crippen molar-refractivity contribution in [2.45, 2.75) is 25.7 Å². The zero-order valence-corrected chi connectivity index (χ0v) is 14.4. The maximum atomic E-state index is 4.57. The monoisotopic (exact) mass is 322 g/mol. The third-order valence-electron chi connectivity index (χ3n) is 6.05. The van der Waals surface area contributed by atoms with Crippen LogP contribution in [0.2, 0.25) is 0 Å². The first-order valence-corrected chi connectivity index (χ1v) is 8.90. The second kappa shape index (κ2) is 4.20. The third kappa shape index (κ3) is 1.45. The van der Waals surface area contributed by atoms with Gasteiger partial charge >= 0.3 is 0 Å². The van der Waals surface area contributed by atoms with Crippen molar-refractivity contribution in [3.8, 4) is 5.69 Å². The van der Waals surface area contributed by atoms with Crippen molar-refractivity contribution in [1.29, 1.82) is 0 Å².